The Kier molecular flexibility index (Phi) is 4.34. The molecule has 29 heavy (non-hydrogen) atoms. The first kappa shape index (κ1) is 18.3. The highest BCUT2D eigenvalue weighted by atomic mass is 16.4. The van der Waals surface area contributed by atoms with Crippen LogP contribution in [-0.2, 0) is 16.1 Å². The molecule has 3 heterocycles. The van der Waals surface area contributed by atoms with E-state index in [1.807, 2.05) is 0 Å². The molecule has 0 saturated carbocycles. The molecule has 2 aromatic rings. The van der Waals surface area contributed by atoms with Gasteiger partial charge >= 0.3 is 5.97 Å². The second-order valence-corrected chi connectivity index (χ2v) is 6.69. The Morgan fingerprint density at radius 2 is 2.03 bits per heavy atom. The first-order chi connectivity index (χ1) is 13.8. The molecule has 1 atom stereocenters. The van der Waals surface area contributed by atoms with Crippen LogP contribution in [0.5, 0.6) is 0 Å². The standard InChI is InChI=1S/C18H15N5O6/c24-13-4-3-12(16(26)21-13)23-7-9-2-1-8(5-10(9)17(23)27)15(25)20-11-6-19-22-14(11)18(28)29/h1-2,5-6,12H,3-4,7H2,(H,19,22)(H,20,25)(H,28,29)(H,21,24,26). The SMILES string of the molecule is O=C1CCC(N2Cc3ccc(C(=O)Nc4cn[nH]c4C(=O)O)cc3C2=O)C(=O)N1. The Hall–Kier alpha value is -4.02. The van der Waals surface area contributed by atoms with Crippen LogP contribution in [-0.4, -0.2) is 55.8 Å². The van der Waals surface area contributed by atoms with Crippen LogP contribution in [0.4, 0.5) is 5.69 Å². The van der Waals surface area contributed by atoms with E-state index in [0.29, 0.717) is 5.56 Å². The van der Waals surface area contributed by atoms with Gasteiger partial charge in [-0.3, -0.25) is 29.6 Å². The topological polar surface area (TPSA) is 162 Å². The Morgan fingerprint density at radius 3 is 2.76 bits per heavy atom. The van der Waals surface area contributed by atoms with Crippen LogP contribution in [0, 0.1) is 0 Å². The van der Waals surface area contributed by atoms with Gasteiger partial charge in [0.15, 0.2) is 5.69 Å². The van der Waals surface area contributed by atoms with E-state index in [0.717, 1.165) is 0 Å². The highest BCUT2D eigenvalue weighted by Crippen LogP contribution is 2.28. The predicted octanol–water partition coefficient (Wildman–Crippen LogP) is 0.121. The summed E-state index contributed by atoms with van der Waals surface area (Å²) in [6.45, 7) is 0.202. The number of aromatic nitrogens is 2. The summed E-state index contributed by atoms with van der Waals surface area (Å²) in [7, 11) is 0. The number of anilines is 1. The van der Waals surface area contributed by atoms with Crippen molar-refractivity contribution in [1.82, 2.24) is 20.4 Å². The normalized spacial score (nSPS) is 18.4. The molecule has 2 aliphatic rings. The van der Waals surface area contributed by atoms with Crippen LogP contribution in [0.3, 0.4) is 0 Å². The zero-order valence-corrected chi connectivity index (χ0v) is 14.9. The van der Waals surface area contributed by atoms with E-state index in [4.69, 9.17) is 5.11 Å². The average Bonchev–Trinajstić information content (AvgIpc) is 3.26. The Labute approximate surface area is 163 Å². The van der Waals surface area contributed by atoms with Crippen molar-refractivity contribution in [2.45, 2.75) is 25.4 Å². The third kappa shape index (κ3) is 3.22. The van der Waals surface area contributed by atoms with E-state index in [1.54, 1.807) is 6.07 Å². The Bertz CT molecular complexity index is 1070. The van der Waals surface area contributed by atoms with E-state index in [9.17, 15) is 24.0 Å². The lowest BCUT2D eigenvalue weighted by Gasteiger charge is -2.29. The number of nitrogens with zero attached hydrogens (tertiary/aromatic N) is 2. The fourth-order valence-electron chi connectivity index (χ4n) is 3.43. The zero-order chi connectivity index (χ0) is 20.7. The molecular weight excluding hydrogens is 382 g/mol. The number of rotatable bonds is 4. The summed E-state index contributed by atoms with van der Waals surface area (Å²) >= 11 is 0. The van der Waals surface area contributed by atoms with E-state index in [2.05, 4.69) is 20.8 Å². The smallest absolute Gasteiger partial charge is 0.356 e. The lowest BCUT2D eigenvalue weighted by molar-refractivity contribution is -0.136. The van der Waals surface area contributed by atoms with Crippen molar-refractivity contribution in [3.63, 3.8) is 0 Å². The van der Waals surface area contributed by atoms with Crippen molar-refractivity contribution in [2.24, 2.45) is 0 Å². The second-order valence-electron chi connectivity index (χ2n) is 6.69. The molecule has 1 unspecified atom stereocenters. The van der Waals surface area contributed by atoms with Gasteiger partial charge in [-0.05, 0) is 24.1 Å². The number of hydrogen-bond acceptors (Lipinski definition) is 6. The summed E-state index contributed by atoms with van der Waals surface area (Å²) in [5, 5.41) is 19.6. The third-order valence-electron chi connectivity index (χ3n) is 4.89. The maximum atomic E-state index is 12.8. The number of fused-ring (bicyclic) bond motifs is 1. The number of carboxylic acids is 1. The van der Waals surface area contributed by atoms with E-state index >= 15 is 0 Å². The molecule has 11 nitrogen and oxygen atoms in total. The van der Waals surface area contributed by atoms with Crippen LogP contribution in [0.25, 0.3) is 0 Å². The molecule has 148 valence electrons. The van der Waals surface area contributed by atoms with Crippen molar-refractivity contribution in [1.29, 1.82) is 0 Å². The summed E-state index contributed by atoms with van der Waals surface area (Å²) < 4.78 is 0. The molecule has 4 amide bonds. The third-order valence-corrected chi connectivity index (χ3v) is 4.89. The molecule has 11 heteroatoms. The van der Waals surface area contributed by atoms with Crippen molar-refractivity contribution < 1.29 is 29.1 Å². The van der Waals surface area contributed by atoms with Gasteiger partial charge in [-0.25, -0.2) is 4.79 Å². The summed E-state index contributed by atoms with van der Waals surface area (Å²) in [5.41, 5.74) is 0.831. The molecule has 1 aromatic carbocycles. The van der Waals surface area contributed by atoms with E-state index in [1.165, 1.54) is 23.2 Å². The first-order valence-electron chi connectivity index (χ1n) is 8.70. The quantitative estimate of drug-likeness (QED) is 0.533. The largest absolute Gasteiger partial charge is 0.476 e. The number of nitrogens with one attached hydrogen (secondary N) is 3. The van der Waals surface area contributed by atoms with Crippen LogP contribution >= 0.6 is 0 Å². The van der Waals surface area contributed by atoms with Gasteiger partial charge in [0.2, 0.25) is 11.8 Å². The predicted molar refractivity (Wildman–Crippen MR) is 96.0 cm³/mol. The molecular formula is C18H15N5O6. The molecule has 0 spiro atoms. The van der Waals surface area contributed by atoms with E-state index < -0.39 is 29.7 Å². The van der Waals surface area contributed by atoms with Crippen LogP contribution in [0.2, 0.25) is 0 Å². The Morgan fingerprint density at radius 1 is 1.24 bits per heavy atom. The number of carboxylic acid groups (broad SMARTS) is 1. The number of carbonyl (C=O) groups excluding carboxylic acids is 4. The van der Waals surface area contributed by atoms with Crippen LogP contribution < -0.4 is 10.6 Å². The summed E-state index contributed by atoms with van der Waals surface area (Å²) in [4.78, 5) is 61.2. The molecule has 4 N–H and O–H groups in total. The second kappa shape index (κ2) is 6.86. The minimum absolute atomic E-state index is 0.000467. The molecule has 2 aliphatic heterocycles. The van der Waals surface area contributed by atoms with Crippen molar-refractivity contribution in [2.75, 3.05) is 5.32 Å². The molecule has 0 aliphatic carbocycles. The minimum Gasteiger partial charge on any atom is -0.476 e. The minimum atomic E-state index is -1.28. The molecule has 0 bridgehead atoms. The summed E-state index contributed by atoms with van der Waals surface area (Å²) in [6.07, 6.45) is 1.57. The number of aromatic amines is 1. The van der Waals surface area contributed by atoms with Gasteiger partial charge in [0.1, 0.15) is 6.04 Å². The molecule has 1 saturated heterocycles. The average molecular weight is 397 g/mol. The fourth-order valence-corrected chi connectivity index (χ4v) is 3.43. The molecule has 1 fully saturated rings. The van der Waals surface area contributed by atoms with Crippen molar-refractivity contribution in [3.8, 4) is 0 Å². The number of piperidine rings is 1. The number of aromatic carboxylic acids is 1. The van der Waals surface area contributed by atoms with Crippen LogP contribution in [0.15, 0.2) is 24.4 Å². The van der Waals surface area contributed by atoms with Gasteiger partial charge in [-0.2, -0.15) is 5.10 Å². The summed E-state index contributed by atoms with van der Waals surface area (Å²) in [6, 6.07) is 3.78. The maximum Gasteiger partial charge on any atom is 0.356 e. The zero-order valence-electron chi connectivity index (χ0n) is 14.9. The number of amides is 4. The van der Waals surface area contributed by atoms with Gasteiger partial charge < -0.3 is 15.3 Å². The van der Waals surface area contributed by atoms with Crippen molar-refractivity contribution >= 4 is 35.3 Å². The first-order valence-corrected chi connectivity index (χ1v) is 8.70. The number of imide groups is 1. The highest BCUT2D eigenvalue weighted by Gasteiger charge is 2.39. The van der Waals surface area contributed by atoms with Crippen LogP contribution in [0.1, 0.15) is 49.6 Å². The van der Waals surface area contributed by atoms with E-state index in [-0.39, 0.29) is 47.8 Å². The number of carbonyl (C=O) groups is 5. The summed E-state index contributed by atoms with van der Waals surface area (Å²) in [5.74, 6) is -3.17. The number of H-pyrrole nitrogens is 1. The molecule has 4 rings (SSSR count). The molecule has 1 aromatic heterocycles. The lowest BCUT2D eigenvalue weighted by Crippen LogP contribution is -2.52. The lowest BCUT2D eigenvalue weighted by atomic mass is 10.0. The Balaban J connectivity index is 1.54. The molecule has 0 radical (unpaired) electrons. The van der Waals surface area contributed by atoms with Crippen molar-refractivity contribution in [3.05, 3.63) is 46.8 Å². The number of benzene rings is 1. The monoisotopic (exact) mass is 397 g/mol. The van der Waals surface area contributed by atoms with Gasteiger partial charge in [-0.1, -0.05) is 6.07 Å². The van der Waals surface area contributed by atoms with Gasteiger partial charge in [-0.15, -0.1) is 0 Å². The van der Waals surface area contributed by atoms with Gasteiger partial charge in [0.25, 0.3) is 11.8 Å². The fraction of sp³-hybridized carbons (Fsp3) is 0.222. The van der Waals surface area contributed by atoms with Gasteiger partial charge in [0.05, 0.1) is 11.9 Å². The maximum absolute atomic E-state index is 12.8. The number of hydrogen-bond donors (Lipinski definition) is 4. The highest BCUT2D eigenvalue weighted by molar-refractivity contribution is 6.10. The van der Waals surface area contributed by atoms with Gasteiger partial charge in [0, 0.05) is 24.1 Å².